The Labute approximate surface area is 105 Å². The van der Waals surface area contributed by atoms with Crippen molar-refractivity contribution in [1.82, 2.24) is 4.90 Å². The SMILES string of the molecule is CC(C)OCC1CN(C(=O)C2(C(C)C)CC2)C1. The van der Waals surface area contributed by atoms with Crippen LogP contribution in [0.5, 0.6) is 0 Å². The van der Waals surface area contributed by atoms with Crippen molar-refractivity contribution in [2.45, 2.75) is 46.6 Å². The number of hydrogen-bond acceptors (Lipinski definition) is 2. The van der Waals surface area contributed by atoms with E-state index in [1.54, 1.807) is 0 Å². The first-order chi connectivity index (χ1) is 7.95. The van der Waals surface area contributed by atoms with Crippen molar-refractivity contribution in [2.75, 3.05) is 19.7 Å². The average molecular weight is 239 g/mol. The summed E-state index contributed by atoms with van der Waals surface area (Å²) in [5.74, 6) is 1.44. The highest BCUT2D eigenvalue weighted by atomic mass is 16.5. The van der Waals surface area contributed by atoms with Crippen LogP contribution < -0.4 is 0 Å². The Hall–Kier alpha value is -0.570. The van der Waals surface area contributed by atoms with Gasteiger partial charge >= 0.3 is 0 Å². The number of ether oxygens (including phenoxy) is 1. The van der Waals surface area contributed by atoms with Crippen molar-refractivity contribution in [2.24, 2.45) is 17.3 Å². The van der Waals surface area contributed by atoms with Gasteiger partial charge in [0, 0.05) is 19.0 Å². The van der Waals surface area contributed by atoms with Crippen LogP contribution in [0.1, 0.15) is 40.5 Å². The molecule has 0 aromatic carbocycles. The topological polar surface area (TPSA) is 29.5 Å². The van der Waals surface area contributed by atoms with Gasteiger partial charge in [0.05, 0.1) is 18.1 Å². The quantitative estimate of drug-likeness (QED) is 0.737. The van der Waals surface area contributed by atoms with E-state index in [4.69, 9.17) is 4.74 Å². The number of rotatable bonds is 5. The summed E-state index contributed by atoms with van der Waals surface area (Å²) in [6, 6.07) is 0. The van der Waals surface area contributed by atoms with Crippen LogP contribution in [-0.2, 0) is 9.53 Å². The molecule has 0 bridgehead atoms. The molecule has 0 aromatic rings. The molecule has 0 spiro atoms. The smallest absolute Gasteiger partial charge is 0.229 e. The molecular formula is C14H25NO2. The zero-order valence-electron chi connectivity index (χ0n) is 11.5. The monoisotopic (exact) mass is 239 g/mol. The van der Waals surface area contributed by atoms with Crippen LogP contribution in [-0.4, -0.2) is 36.6 Å². The van der Waals surface area contributed by atoms with E-state index in [1.165, 1.54) is 0 Å². The molecule has 3 nitrogen and oxygen atoms in total. The Kier molecular flexibility index (Phi) is 3.48. The van der Waals surface area contributed by atoms with Crippen LogP contribution in [0.4, 0.5) is 0 Å². The lowest BCUT2D eigenvalue weighted by Crippen LogP contribution is -2.54. The van der Waals surface area contributed by atoms with Crippen LogP contribution in [0.25, 0.3) is 0 Å². The van der Waals surface area contributed by atoms with Gasteiger partial charge in [-0.1, -0.05) is 13.8 Å². The maximum Gasteiger partial charge on any atom is 0.229 e. The summed E-state index contributed by atoms with van der Waals surface area (Å²) in [6.07, 6.45) is 2.48. The second-order valence-corrected chi connectivity index (χ2v) is 6.27. The standard InChI is InChI=1S/C14H25NO2/c1-10(2)14(5-6-14)13(16)15-7-12(8-15)9-17-11(3)4/h10-12H,5-9H2,1-4H3. The molecule has 0 aromatic heterocycles. The molecule has 0 N–H and O–H groups in total. The molecule has 98 valence electrons. The Morgan fingerprint density at radius 3 is 2.29 bits per heavy atom. The minimum atomic E-state index is 0.00384. The molecule has 1 saturated carbocycles. The van der Waals surface area contributed by atoms with E-state index in [1.807, 2.05) is 4.90 Å². The Bertz CT molecular complexity index is 289. The predicted molar refractivity (Wildman–Crippen MR) is 67.7 cm³/mol. The van der Waals surface area contributed by atoms with Crippen molar-refractivity contribution in [3.63, 3.8) is 0 Å². The molecule has 1 amide bonds. The van der Waals surface area contributed by atoms with Crippen LogP contribution in [0.15, 0.2) is 0 Å². The van der Waals surface area contributed by atoms with Crippen LogP contribution in [0, 0.1) is 17.3 Å². The van der Waals surface area contributed by atoms with Crippen molar-refractivity contribution in [3.8, 4) is 0 Å². The second-order valence-electron chi connectivity index (χ2n) is 6.27. The molecule has 1 aliphatic carbocycles. The third-order valence-corrected chi connectivity index (χ3v) is 4.23. The maximum atomic E-state index is 12.3. The molecule has 1 heterocycles. The van der Waals surface area contributed by atoms with Gasteiger partial charge in [0.1, 0.15) is 0 Å². The normalized spacial score (nSPS) is 23.1. The fraction of sp³-hybridized carbons (Fsp3) is 0.929. The fourth-order valence-electron chi connectivity index (χ4n) is 2.66. The van der Waals surface area contributed by atoms with Gasteiger partial charge in [0.2, 0.25) is 5.91 Å². The Balaban J connectivity index is 1.75. The predicted octanol–water partition coefficient (Wildman–Crippen LogP) is 2.31. The summed E-state index contributed by atoms with van der Waals surface area (Å²) in [6.45, 7) is 11.1. The van der Waals surface area contributed by atoms with Crippen molar-refractivity contribution in [3.05, 3.63) is 0 Å². The summed E-state index contributed by atoms with van der Waals surface area (Å²) in [5, 5.41) is 0. The highest BCUT2D eigenvalue weighted by Gasteiger charge is 2.55. The van der Waals surface area contributed by atoms with E-state index < -0.39 is 0 Å². The van der Waals surface area contributed by atoms with Gasteiger partial charge in [-0.25, -0.2) is 0 Å². The lowest BCUT2D eigenvalue weighted by atomic mass is 9.88. The Morgan fingerprint density at radius 1 is 1.29 bits per heavy atom. The molecule has 1 saturated heterocycles. The summed E-state index contributed by atoms with van der Waals surface area (Å²) in [5.41, 5.74) is 0.00384. The summed E-state index contributed by atoms with van der Waals surface area (Å²) >= 11 is 0. The molecule has 0 atom stereocenters. The van der Waals surface area contributed by atoms with Gasteiger partial charge in [-0.05, 0) is 32.6 Å². The number of nitrogens with zero attached hydrogens (tertiary/aromatic N) is 1. The van der Waals surface area contributed by atoms with Gasteiger partial charge in [0.25, 0.3) is 0 Å². The fourth-order valence-corrected chi connectivity index (χ4v) is 2.66. The lowest BCUT2D eigenvalue weighted by molar-refractivity contribution is -0.147. The zero-order valence-corrected chi connectivity index (χ0v) is 11.5. The third kappa shape index (κ3) is 2.49. The van der Waals surface area contributed by atoms with Crippen molar-refractivity contribution >= 4 is 5.91 Å². The molecule has 3 heteroatoms. The second kappa shape index (κ2) is 4.60. The van der Waals surface area contributed by atoms with Gasteiger partial charge in [-0.15, -0.1) is 0 Å². The minimum absolute atomic E-state index is 0.00384. The van der Waals surface area contributed by atoms with Crippen molar-refractivity contribution < 1.29 is 9.53 Å². The first-order valence-electron chi connectivity index (χ1n) is 6.86. The summed E-state index contributed by atoms with van der Waals surface area (Å²) in [4.78, 5) is 14.3. The molecule has 2 aliphatic rings. The van der Waals surface area contributed by atoms with Crippen LogP contribution >= 0.6 is 0 Å². The number of carbonyl (C=O) groups is 1. The van der Waals surface area contributed by atoms with Gasteiger partial charge < -0.3 is 9.64 Å². The van der Waals surface area contributed by atoms with Crippen LogP contribution in [0.3, 0.4) is 0 Å². The average Bonchev–Trinajstić information content (AvgIpc) is 2.94. The number of hydrogen-bond donors (Lipinski definition) is 0. The molecule has 0 radical (unpaired) electrons. The first-order valence-corrected chi connectivity index (χ1v) is 6.86. The first kappa shape index (κ1) is 12.9. The number of likely N-dealkylation sites (tertiary alicyclic amines) is 1. The summed E-state index contributed by atoms with van der Waals surface area (Å²) in [7, 11) is 0. The molecule has 1 aliphatic heterocycles. The largest absolute Gasteiger partial charge is 0.378 e. The van der Waals surface area contributed by atoms with E-state index in [9.17, 15) is 4.79 Å². The van der Waals surface area contributed by atoms with Crippen LogP contribution in [0.2, 0.25) is 0 Å². The summed E-state index contributed by atoms with van der Waals surface area (Å²) < 4.78 is 5.58. The van der Waals surface area contributed by atoms with E-state index in [0.29, 0.717) is 23.8 Å². The van der Waals surface area contributed by atoms with E-state index in [0.717, 1.165) is 32.5 Å². The highest BCUT2D eigenvalue weighted by Crippen LogP contribution is 2.53. The lowest BCUT2D eigenvalue weighted by Gasteiger charge is -2.42. The van der Waals surface area contributed by atoms with Crippen molar-refractivity contribution in [1.29, 1.82) is 0 Å². The van der Waals surface area contributed by atoms with E-state index >= 15 is 0 Å². The van der Waals surface area contributed by atoms with Gasteiger partial charge in [-0.2, -0.15) is 0 Å². The number of amides is 1. The van der Waals surface area contributed by atoms with Gasteiger partial charge in [0.15, 0.2) is 0 Å². The zero-order chi connectivity index (χ0) is 12.6. The maximum absolute atomic E-state index is 12.3. The third-order valence-electron chi connectivity index (χ3n) is 4.23. The van der Waals surface area contributed by atoms with Gasteiger partial charge in [-0.3, -0.25) is 4.79 Å². The molecular weight excluding hydrogens is 214 g/mol. The molecule has 0 unspecified atom stereocenters. The van der Waals surface area contributed by atoms with E-state index in [-0.39, 0.29) is 5.41 Å². The van der Waals surface area contributed by atoms with E-state index in [2.05, 4.69) is 27.7 Å². The highest BCUT2D eigenvalue weighted by molar-refractivity contribution is 5.86. The number of carbonyl (C=O) groups excluding carboxylic acids is 1. The molecule has 17 heavy (non-hydrogen) atoms. The molecule has 2 fully saturated rings. The minimum Gasteiger partial charge on any atom is -0.378 e. The Morgan fingerprint density at radius 2 is 1.88 bits per heavy atom. The molecule has 2 rings (SSSR count).